The fraction of sp³-hybridized carbons (Fsp3) is 0.647. The van der Waals surface area contributed by atoms with Crippen LogP contribution in [-0.2, 0) is 4.74 Å². The van der Waals surface area contributed by atoms with Gasteiger partial charge in [-0.2, -0.15) is 0 Å². The van der Waals surface area contributed by atoms with Crippen LogP contribution in [-0.4, -0.2) is 32.0 Å². The lowest BCUT2D eigenvalue weighted by Gasteiger charge is -2.27. The van der Waals surface area contributed by atoms with Crippen molar-refractivity contribution in [3.05, 3.63) is 18.2 Å². The summed E-state index contributed by atoms with van der Waals surface area (Å²) >= 11 is 0. The summed E-state index contributed by atoms with van der Waals surface area (Å²) in [6, 6.07) is 6.26. The van der Waals surface area contributed by atoms with Crippen LogP contribution in [0.2, 0.25) is 0 Å². The predicted octanol–water partition coefficient (Wildman–Crippen LogP) is 4.10. The van der Waals surface area contributed by atoms with Gasteiger partial charge >= 0.3 is 0 Å². The molecule has 120 valence electrons. The summed E-state index contributed by atoms with van der Waals surface area (Å²) in [6.45, 7) is 11.5. The Kier molecular flexibility index (Phi) is 6.82. The molecule has 0 aliphatic rings. The van der Waals surface area contributed by atoms with Crippen LogP contribution in [0.15, 0.2) is 18.2 Å². The number of benzene rings is 1. The number of hydrogen-bond donors (Lipinski definition) is 1. The van der Waals surface area contributed by atoms with E-state index in [9.17, 15) is 0 Å². The summed E-state index contributed by atoms with van der Waals surface area (Å²) in [5.74, 6) is 1.57. The molecule has 1 aromatic carbocycles. The summed E-state index contributed by atoms with van der Waals surface area (Å²) in [5, 5.41) is 3.48. The maximum absolute atomic E-state index is 5.64. The van der Waals surface area contributed by atoms with E-state index in [4.69, 9.17) is 14.2 Å². The lowest BCUT2D eigenvalue weighted by molar-refractivity contribution is 0.0128. The molecule has 0 radical (unpaired) electrons. The second-order valence-electron chi connectivity index (χ2n) is 5.74. The quantitative estimate of drug-likeness (QED) is 0.744. The fourth-order valence-corrected chi connectivity index (χ4v) is 2.30. The molecule has 4 heteroatoms. The second kappa shape index (κ2) is 8.13. The van der Waals surface area contributed by atoms with E-state index in [2.05, 4.69) is 26.1 Å². The molecule has 0 spiro atoms. The minimum atomic E-state index is -0.138. The maximum Gasteiger partial charge on any atom is 0.163 e. The van der Waals surface area contributed by atoms with Gasteiger partial charge in [0.05, 0.1) is 18.8 Å². The molecule has 0 saturated carbocycles. The summed E-state index contributed by atoms with van der Waals surface area (Å²) in [5.41, 5.74) is 0.891. The largest absolute Gasteiger partial charge is 0.490 e. The Morgan fingerprint density at radius 2 is 1.71 bits per heavy atom. The fourth-order valence-electron chi connectivity index (χ4n) is 2.30. The number of nitrogens with one attached hydrogen (secondary N) is 1. The van der Waals surface area contributed by atoms with Gasteiger partial charge in [-0.15, -0.1) is 0 Å². The van der Waals surface area contributed by atoms with Crippen LogP contribution < -0.4 is 14.8 Å². The average Bonchev–Trinajstić information content (AvgIpc) is 2.41. The molecular weight excluding hydrogens is 266 g/mol. The van der Waals surface area contributed by atoms with Gasteiger partial charge in [-0.1, -0.05) is 0 Å². The van der Waals surface area contributed by atoms with Crippen molar-refractivity contribution in [1.29, 1.82) is 0 Å². The maximum atomic E-state index is 5.64. The van der Waals surface area contributed by atoms with Gasteiger partial charge in [-0.25, -0.2) is 0 Å². The Balaban J connectivity index is 2.77. The Labute approximate surface area is 128 Å². The number of hydrogen-bond acceptors (Lipinski definition) is 4. The van der Waals surface area contributed by atoms with Gasteiger partial charge in [-0.05, 0) is 53.2 Å². The van der Waals surface area contributed by atoms with Crippen LogP contribution in [0, 0.1) is 0 Å². The number of ether oxygens (including phenoxy) is 3. The SMILES string of the molecule is CCOc1ccc(NC(C)CC(C)(C)OC)cc1OCC. The zero-order chi connectivity index (χ0) is 15.9. The molecule has 1 aromatic rings. The molecule has 1 atom stereocenters. The molecule has 0 aromatic heterocycles. The summed E-state index contributed by atoms with van der Waals surface area (Å²) in [6.07, 6.45) is 0.917. The normalized spacial score (nSPS) is 12.9. The van der Waals surface area contributed by atoms with Crippen LogP contribution >= 0.6 is 0 Å². The van der Waals surface area contributed by atoms with E-state index in [0.29, 0.717) is 19.3 Å². The molecule has 1 unspecified atom stereocenters. The number of methoxy groups -OCH3 is 1. The lowest BCUT2D eigenvalue weighted by atomic mass is 9.99. The Morgan fingerprint density at radius 1 is 1.10 bits per heavy atom. The Morgan fingerprint density at radius 3 is 2.29 bits per heavy atom. The van der Waals surface area contributed by atoms with E-state index in [1.165, 1.54) is 0 Å². The van der Waals surface area contributed by atoms with Crippen LogP contribution in [0.1, 0.15) is 41.0 Å². The van der Waals surface area contributed by atoms with Gasteiger partial charge in [0.1, 0.15) is 0 Å². The minimum absolute atomic E-state index is 0.138. The zero-order valence-electron chi connectivity index (χ0n) is 14.2. The highest BCUT2D eigenvalue weighted by Gasteiger charge is 2.20. The van der Waals surface area contributed by atoms with E-state index in [1.807, 2.05) is 32.0 Å². The lowest BCUT2D eigenvalue weighted by Crippen LogP contribution is -2.31. The van der Waals surface area contributed by atoms with E-state index in [-0.39, 0.29) is 5.60 Å². The van der Waals surface area contributed by atoms with Crippen LogP contribution in [0.4, 0.5) is 5.69 Å². The van der Waals surface area contributed by atoms with Crippen molar-refractivity contribution in [2.75, 3.05) is 25.6 Å². The molecule has 0 aliphatic heterocycles. The van der Waals surface area contributed by atoms with Crippen molar-refractivity contribution < 1.29 is 14.2 Å². The molecule has 0 fully saturated rings. The van der Waals surface area contributed by atoms with Crippen LogP contribution in [0.5, 0.6) is 11.5 Å². The third-order valence-corrected chi connectivity index (χ3v) is 3.31. The molecular formula is C17H29NO3. The predicted molar refractivity (Wildman–Crippen MR) is 87.6 cm³/mol. The highest BCUT2D eigenvalue weighted by molar-refractivity contribution is 5.55. The van der Waals surface area contributed by atoms with Gasteiger partial charge < -0.3 is 19.5 Å². The minimum Gasteiger partial charge on any atom is -0.490 e. The third-order valence-electron chi connectivity index (χ3n) is 3.31. The topological polar surface area (TPSA) is 39.7 Å². The van der Waals surface area contributed by atoms with Crippen molar-refractivity contribution in [2.45, 2.75) is 52.7 Å². The first-order chi connectivity index (χ1) is 9.91. The summed E-state index contributed by atoms with van der Waals surface area (Å²) < 4.78 is 16.7. The van der Waals surface area contributed by atoms with Gasteiger partial charge in [0.2, 0.25) is 0 Å². The molecule has 21 heavy (non-hydrogen) atoms. The molecule has 4 nitrogen and oxygen atoms in total. The first-order valence-corrected chi connectivity index (χ1v) is 7.63. The van der Waals surface area contributed by atoms with E-state index in [0.717, 1.165) is 23.6 Å². The molecule has 0 saturated heterocycles. The summed E-state index contributed by atoms with van der Waals surface area (Å²) in [7, 11) is 1.75. The zero-order valence-corrected chi connectivity index (χ0v) is 14.2. The molecule has 1 N–H and O–H groups in total. The molecule has 1 rings (SSSR count). The third kappa shape index (κ3) is 5.84. The van der Waals surface area contributed by atoms with Gasteiger partial charge in [0.15, 0.2) is 11.5 Å². The average molecular weight is 295 g/mol. The van der Waals surface area contributed by atoms with E-state index >= 15 is 0 Å². The standard InChI is InChI=1S/C17H29NO3/c1-7-20-15-10-9-14(11-16(15)21-8-2)18-13(3)12-17(4,5)19-6/h9-11,13,18H,7-8,12H2,1-6H3. The van der Waals surface area contributed by atoms with Crippen molar-refractivity contribution in [3.8, 4) is 11.5 Å². The second-order valence-corrected chi connectivity index (χ2v) is 5.74. The first-order valence-electron chi connectivity index (χ1n) is 7.63. The molecule has 0 bridgehead atoms. The number of anilines is 1. The molecule has 0 amide bonds. The van der Waals surface area contributed by atoms with Crippen molar-refractivity contribution >= 4 is 5.69 Å². The van der Waals surface area contributed by atoms with Crippen LogP contribution in [0.25, 0.3) is 0 Å². The molecule has 0 heterocycles. The van der Waals surface area contributed by atoms with Gasteiger partial charge in [-0.3, -0.25) is 0 Å². The molecule has 0 aliphatic carbocycles. The van der Waals surface area contributed by atoms with E-state index in [1.54, 1.807) is 7.11 Å². The van der Waals surface area contributed by atoms with Crippen molar-refractivity contribution in [3.63, 3.8) is 0 Å². The highest BCUT2D eigenvalue weighted by Crippen LogP contribution is 2.31. The van der Waals surface area contributed by atoms with Crippen molar-refractivity contribution in [1.82, 2.24) is 0 Å². The van der Waals surface area contributed by atoms with Crippen LogP contribution in [0.3, 0.4) is 0 Å². The first kappa shape index (κ1) is 17.6. The smallest absolute Gasteiger partial charge is 0.163 e. The highest BCUT2D eigenvalue weighted by atomic mass is 16.5. The van der Waals surface area contributed by atoms with Crippen molar-refractivity contribution in [2.24, 2.45) is 0 Å². The van der Waals surface area contributed by atoms with Gasteiger partial charge in [0.25, 0.3) is 0 Å². The number of rotatable bonds is 9. The van der Waals surface area contributed by atoms with Gasteiger partial charge in [0, 0.05) is 24.9 Å². The Bertz CT molecular complexity index is 432. The Hall–Kier alpha value is -1.42. The van der Waals surface area contributed by atoms with E-state index < -0.39 is 0 Å². The summed E-state index contributed by atoms with van der Waals surface area (Å²) in [4.78, 5) is 0. The monoisotopic (exact) mass is 295 g/mol.